The first-order chi connectivity index (χ1) is 14.2. The van der Waals surface area contributed by atoms with Gasteiger partial charge in [-0.3, -0.25) is 14.5 Å². The summed E-state index contributed by atoms with van der Waals surface area (Å²) < 4.78 is 0. The van der Waals surface area contributed by atoms with Crippen LogP contribution in [0.25, 0.3) is 0 Å². The van der Waals surface area contributed by atoms with Crippen LogP contribution in [0.15, 0.2) is 59.6 Å². The van der Waals surface area contributed by atoms with Crippen LogP contribution in [0.4, 0.5) is 0 Å². The van der Waals surface area contributed by atoms with Crippen LogP contribution in [-0.4, -0.2) is 28.2 Å². The molecule has 0 saturated carbocycles. The predicted octanol–water partition coefficient (Wildman–Crippen LogP) is 3.64. The zero-order chi connectivity index (χ0) is 21.9. The summed E-state index contributed by atoms with van der Waals surface area (Å²) in [6, 6.07) is 17.0. The van der Waals surface area contributed by atoms with Crippen LogP contribution in [0.2, 0.25) is 0 Å². The monoisotopic (exact) mass is 406 g/mol. The molecule has 158 valence electrons. The van der Waals surface area contributed by atoms with E-state index in [4.69, 9.17) is 5.73 Å². The van der Waals surface area contributed by atoms with Gasteiger partial charge < -0.3 is 11.1 Å². The lowest BCUT2D eigenvalue weighted by Crippen LogP contribution is -2.51. The average molecular weight is 407 g/mol. The van der Waals surface area contributed by atoms with Gasteiger partial charge in [-0.15, -0.1) is 0 Å². The molecule has 0 unspecified atom stereocenters. The number of nitrogens with zero attached hydrogens (tertiary/aromatic N) is 2. The Labute approximate surface area is 178 Å². The first-order valence-electron chi connectivity index (χ1n) is 10.3. The fraction of sp³-hybridized carbons (Fsp3) is 0.375. The zero-order valence-electron chi connectivity index (χ0n) is 18.1. The molecule has 0 fully saturated rings. The number of amides is 2. The Hall–Kier alpha value is -3.15. The molecule has 3 rings (SSSR count). The van der Waals surface area contributed by atoms with Gasteiger partial charge in [0.05, 0.1) is 24.5 Å². The van der Waals surface area contributed by atoms with E-state index in [1.54, 1.807) is 12.1 Å². The van der Waals surface area contributed by atoms with Gasteiger partial charge in [-0.25, -0.2) is 4.99 Å². The molecule has 6 nitrogen and oxygen atoms in total. The van der Waals surface area contributed by atoms with Crippen LogP contribution in [0.1, 0.15) is 61.6 Å². The van der Waals surface area contributed by atoms with Crippen molar-refractivity contribution < 1.29 is 9.59 Å². The van der Waals surface area contributed by atoms with Crippen LogP contribution >= 0.6 is 0 Å². The number of carbonyl (C=O) groups is 2. The summed E-state index contributed by atoms with van der Waals surface area (Å²) in [7, 11) is 0. The van der Waals surface area contributed by atoms with Crippen molar-refractivity contribution in [1.82, 2.24) is 10.2 Å². The highest BCUT2D eigenvalue weighted by Gasteiger charge is 2.38. The molecule has 0 radical (unpaired) electrons. The van der Waals surface area contributed by atoms with Crippen molar-refractivity contribution >= 4 is 17.8 Å². The molecule has 0 aliphatic carbocycles. The standard InChI is InChI=1S/C24H30N4O2/c1-16(2)24(4)14-21(29)28(23(25)27-24)15-18-10-12-20(13-11-18)22(30)26-17(3)19-8-6-5-7-9-19/h5-13,16-17H,14-15H2,1-4H3,(H2,25,27)(H,26,30)/t17-,24-/m0/s1. The molecule has 0 bridgehead atoms. The van der Waals surface area contributed by atoms with Crippen molar-refractivity contribution in [3.8, 4) is 0 Å². The summed E-state index contributed by atoms with van der Waals surface area (Å²) in [5.74, 6) is 0.303. The number of aliphatic imine (C=N–C) groups is 1. The van der Waals surface area contributed by atoms with Gasteiger partial charge >= 0.3 is 0 Å². The van der Waals surface area contributed by atoms with E-state index in [1.165, 1.54) is 4.90 Å². The van der Waals surface area contributed by atoms with Gasteiger partial charge in [-0.1, -0.05) is 56.3 Å². The third-order valence-electron chi connectivity index (χ3n) is 5.90. The van der Waals surface area contributed by atoms with E-state index in [0.717, 1.165) is 11.1 Å². The number of guanidine groups is 1. The minimum absolute atomic E-state index is 0.0304. The molecule has 0 spiro atoms. The van der Waals surface area contributed by atoms with Crippen molar-refractivity contribution in [3.63, 3.8) is 0 Å². The maximum atomic E-state index is 12.7. The van der Waals surface area contributed by atoms with Crippen molar-refractivity contribution in [3.05, 3.63) is 71.3 Å². The second-order valence-electron chi connectivity index (χ2n) is 8.44. The Kier molecular flexibility index (Phi) is 6.25. The van der Waals surface area contributed by atoms with Crippen molar-refractivity contribution in [2.75, 3.05) is 0 Å². The number of rotatable bonds is 6. The van der Waals surface area contributed by atoms with E-state index in [9.17, 15) is 9.59 Å². The van der Waals surface area contributed by atoms with Crippen molar-refractivity contribution in [2.45, 2.75) is 52.2 Å². The largest absolute Gasteiger partial charge is 0.369 e. The highest BCUT2D eigenvalue weighted by Crippen LogP contribution is 2.30. The Balaban J connectivity index is 1.66. The van der Waals surface area contributed by atoms with Crippen LogP contribution in [-0.2, 0) is 11.3 Å². The lowest BCUT2D eigenvalue weighted by Gasteiger charge is -2.37. The Morgan fingerprint density at radius 2 is 1.77 bits per heavy atom. The molecular formula is C24H30N4O2. The smallest absolute Gasteiger partial charge is 0.251 e. The first-order valence-corrected chi connectivity index (χ1v) is 10.3. The van der Waals surface area contributed by atoms with Gasteiger partial charge in [0.2, 0.25) is 5.91 Å². The Bertz CT molecular complexity index is 937. The Morgan fingerprint density at radius 1 is 1.13 bits per heavy atom. The van der Waals surface area contributed by atoms with E-state index >= 15 is 0 Å². The van der Waals surface area contributed by atoms with Crippen LogP contribution in [0.3, 0.4) is 0 Å². The van der Waals surface area contributed by atoms with Crippen LogP contribution < -0.4 is 11.1 Å². The van der Waals surface area contributed by atoms with Crippen molar-refractivity contribution in [1.29, 1.82) is 0 Å². The second-order valence-corrected chi connectivity index (χ2v) is 8.44. The van der Waals surface area contributed by atoms with E-state index < -0.39 is 5.54 Å². The Morgan fingerprint density at radius 3 is 2.33 bits per heavy atom. The lowest BCUT2D eigenvalue weighted by atomic mass is 9.84. The predicted molar refractivity (Wildman–Crippen MR) is 119 cm³/mol. The second kappa shape index (κ2) is 8.69. The van der Waals surface area contributed by atoms with Crippen molar-refractivity contribution in [2.24, 2.45) is 16.6 Å². The lowest BCUT2D eigenvalue weighted by molar-refractivity contribution is -0.130. The third-order valence-corrected chi connectivity index (χ3v) is 5.90. The van der Waals surface area contributed by atoms with Gasteiger partial charge in [0.1, 0.15) is 0 Å². The van der Waals surface area contributed by atoms with Gasteiger partial charge in [0, 0.05) is 5.56 Å². The van der Waals surface area contributed by atoms with Crippen LogP contribution in [0.5, 0.6) is 0 Å². The molecule has 0 aromatic heterocycles. The van der Waals surface area contributed by atoms with E-state index in [2.05, 4.69) is 10.3 Å². The summed E-state index contributed by atoms with van der Waals surface area (Å²) in [6.07, 6.45) is 0.337. The number of carbonyl (C=O) groups excluding carboxylic acids is 2. The van der Waals surface area contributed by atoms with E-state index in [1.807, 2.05) is 70.2 Å². The molecular weight excluding hydrogens is 376 g/mol. The quantitative estimate of drug-likeness (QED) is 0.768. The topological polar surface area (TPSA) is 87.8 Å². The molecule has 6 heteroatoms. The fourth-order valence-electron chi connectivity index (χ4n) is 3.44. The molecule has 1 aliphatic heterocycles. The number of hydrogen-bond acceptors (Lipinski definition) is 4. The molecule has 3 N–H and O–H groups in total. The maximum Gasteiger partial charge on any atom is 0.251 e. The van der Waals surface area contributed by atoms with E-state index in [-0.39, 0.29) is 29.7 Å². The molecule has 30 heavy (non-hydrogen) atoms. The molecule has 1 heterocycles. The molecule has 2 aromatic rings. The SMILES string of the molecule is CC(C)[C@]1(C)CC(=O)N(Cc2ccc(C(=O)N[C@@H](C)c3ccccc3)cc2)C(N)=N1. The van der Waals surface area contributed by atoms with Gasteiger partial charge in [-0.2, -0.15) is 0 Å². The third kappa shape index (κ3) is 4.70. The number of hydrogen-bond donors (Lipinski definition) is 2. The van der Waals surface area contributed by atoms with Crippen LogP contribution in [0, 0.1) is 5.92 Å². The number of nitrogens with two attached hydrogens (primary N) is 1. The van der Waals surface area contributed by atoms with Gasteiger partial charge in [0.15, 0.2) is 5.96 Å². The number of nitrogens with one attached hydrogen (secondary N) is 1. The fourth-order valence-corrected chi connectivity index (χ4v) is 3.44. The van der Waals surface area contributed by atoms with Gasteiger partial charge in [0.25, 0.3) is 5.91 Å². The molecule has 2 aromatic carbocycles. The molecule has 0 saturated heterocycles. The minimum atomic E-state index is -0.463. The minimum Gasteiger partial charge on any atom is -0.369 e. The zero-order valence-corrected chi connectivity index (χ0v) is 18.1. The summed E-state index contributed by atoms with van der Waals surface area (Å²) in [5, 5.41) is 3.00. The highest BCUT2D eigenvalue weighted by molar-refractivity contribution is 5.99. The summed E-state index contributed by atoms with van der Waals surface area (Å²) in [4.78, 5) is 31.3. The molecule has 2 atom stereocenters. The molecule has 1 aliphatic rings. The summed E-state index contributed by atoms with van der Waals surface area (Å²) in [6.45, 7) is 8.34. The number of benzene rings is 2. The highest BCUT2D eigenvalue weighted by atomic mass is 16.2. The first kappa shape index (κ1) is 21.6. The maximum absolute atomic E-state index is 12.7. The summed E-state index contributed by atoms with van der Waals surface area (Å²) in [5.41, 5.74) is 8.16. The molecule has 2 amide bonds. The van der Waals surface area contributed by atoms with Gasteiger partial charge in [-0.05, 0) is 43.0 Å². The normalized spacial score (nSPS) is 20.1. The summed E-state index contributed by atoms with van der Waals surface area (Å²) >= 11 is 0. The van der Waals surface area contributed by atoms with E-state index in [0.29, 0.717) is 18.5 Å². The average Bonchev–Trinajstić information content (AvgIpc) is 2.71.